The fraction of sp³-hybridized carbons (Fsp3) is 0.762. The first kappa shape index (κ1) is 19.3. The lowest BCUT2D eigenvalue weighted by Crippen LogP contribution is -2.47. The number of ether oxygens (including phenoxy) is 1. The number of aliphatic imine (C=N–C) groups is 1. The molecular formula is C21H35N3O2. The van der Waals surface area contributed by atoms with Gasteiger partial charge in [0.1, 0.15) is 5.76 Å². The molecule has 5 heteroatoms. The van der Waals surface area contributed by atoms with Crippen molar-refractivity contribution in [3.8, 4) is 0 Å². The van der Waals surface area contributed by atoms with Crippen molar-refractivity contribution in [3.05, 3.63) is 24.2 Å². The van der Waals surface area contributed by atoms with E-state index in [0.717, 1.165) is 44.3 Å². The fourth-order valence-corrected chi connectivity index (χ4v) is 3.85. The molecule has 2 aliphatic carbocycles. The zero-order valence-electron chi connectivity index (χ0n) is 16.4. The second-order valence-corrected chi connectivity index (χ2v) is 8.18. The molecule has 2 unspecified atom stereocenters. The van der Waals surface area contributed by atoms with Crippen molar-refractivity contribution in [2.45, 2.75) is 64.3 Å². The molecule has 2 atom stereocenters. The third-order valence-electron chi connectivity index (χ3n) is 6.04. The number of furan rings is 1. The molecule has 0 saturated heterocycles. The van der Waals surface area contributed by atoms with Crippen molar-refractivity contribution in [2.24, 2.45) is 16.3 Å². The van der Waals surface area contributed by atoms with Crippen molar-refractivity contribution in [3.63, 3.8) is 0 Å². The van der Waals surface area contributed by atoms with Crippen molar-refractivity contribution < 1.29 is 9.15 Å². The molecule has 2 aliphatic rings. The monoisotopic (exact) mass is 361 g/mol. The van der Waals surface area contributed by atoms with E-state index in [0.29, 0.717) is 17.4 Å². The van der Waals surface area contributed by atoms with Gasteiger partial charge in [-0.05, 0) is 55.6 Å². The Morgan fingerprint density at radius 2 is 2.19 bits per heavy atom. The smallest absolute Gasteiger partial charge is 0.191 e. The molecule has 2 saturated carbocycles. The number of rotatable bonds is 9. The molecule has 2 N–H and O–H groups in total. The highest BCUT2D eigenvalue weighted by Gasteiger charge is 2.41. The minimum absolute atomic E-state index is 0.379. The van der Waals surface area contributed by atoms with E-state index < -0.39 is 0 Å². The van der Waals surface area contributed by atoms with Crippen LogP contribution in [-0.2, 0) is 11.2 Å². The highest BCUT2D eigenvalue weighted by molar-refractivity contribution is 5.80. The molecule has 1 heterocycles. The van der Waals surface area contributed by atoms with E-state index in [9.17, 15) is 0 Å². The highest BCUT2D eigenvalue weighted by Crippen LogP contribution is 2.48. The molecule has 146 valence electrons. The molecule has 3 rings (SSSR count). The third kappa shape index (κ3) is 5.76. The quantitative estimate of drug-likeness (QED) is 0.519. The molecular weight excluding hydrogens is 326 g/mol. The molecule has 0 bridgehead atoms. The maximum absolute atomic E-state index is 5.44. The van der Waals surface area contributed by atoms with Gasteiger partial charge in [0.25, 0.3) is 0 Å². The van der Waals surface area contributed by atoms with Crippen LogP contribution in [-0.4, -0.2) is 38.8 Å². The summed E-state index contributed by atoms with van der Waals surface area (Å²) in [5.41, 5.74) is 0.379. The maximum Gasteiger partial charge on any atom is 0.191 e. The van der Waals surface area contributed by atoms with Crippen LogP contribution in [0.25, 0.3) is 0 Å². The lowest BCUT2D eigenvalue weighted by molar-refractivity contribution is 0.174. The van der Waals surface area contributed by atoms with Crippen molar-refractivity contribution in [1.82, 2.24) is 10.6 Å². The Kier molecular flexibility index (Phi) is 7.00. The zero-order chi connectivity index (χ0) is 18.2. The Morgan fingerprint density at radius 1 is 1.35 bits per heavy atom. The van der Waals surface area contributed by atoms with Gasteiger partial charge in [0.05, 0.1) is 6.26 Å². The van der Waals surface area contributed by atoms with Crippen molar-refractivity contribution in [1.29, 1.82) is 0 Å². The summed E-state index contributed by atoms with van der Waals surface area (Å²) in [6.45, 7) is 4.93. The summed E-state index contributed by atoms with van der Waals surface area (Å²) in [5, 5.41) is 7.25. The van der Waals surface area contributed by atoms with E-state index in [1.807, 2.05) is 12.1 Å². The number of nitrogens with one attached hydrogen (secondary N) is 2. The number of hydrogen-bond donors (Lipinski definition) is 2. The second-order valence-electron chi connectivity index (χ2n) is 8.18. The van der Waals surface area contributed by atoms with Gasteiger partial charge in [-0.1, -0.05) is 19.8 Å². The largest absolute Gasteiger partial charge is 0.469 e. The van der Waals surface area contributed by atoms with Crippen LogP contribution >= 0.6 is 0 Å². The lowest BCUT2D eigenvalue weighted by Gasteiger charge is -2.31. The predicted octanol–water partition coefficient (Wildman–Crippen LogP) is 3.75. The zero-order valence-corrected chi connectivity index (χ0v) is 16.4. The number of guanidine groups is 1. The molecule has 1 aromatic rings. The Balaban J connectivity index is 1.55. The van der Waals surface area contributed by atoms with E-state index in [-0.39, 0.29) is 0 Å². The van der Waals surface area contributed by atoms with Gasteiger partial charge < -0.3 is 19.8 Å². The Hall–Kier alpha value is -1.49. The van der Waals surface area contributed by atoms with Gasteiger partial charge in [-0.2, -0.15) is 0 Å². The molecule has 0 radical (unpaired) electrons. The van der Waals surface area contributed by atoms with Crippen LogP contribution in [0.4, 0.5) is 0 Å². The maximum atomic E-state index is 5.44. The first-order valence-electron chi connectivity index (χ1n) is 10.3. The SMILES string of the molecule is COCCC1(CN=C(NCCc2ccco2)NC2CCCCC2C)CC1. The summed E-state index contributed by atoms with van der Waals surface area (Å²) >= 11 is 0. The van der Waals surface area contributed by atoms with E-state index in [1.54, 1.807) is 13.4 Å². The molecule has 1 aromatic heterocycles. The Morgan fingerprint density at radius 3 is 2.88 bits per heavy atom. The standard InChI is InChI=1S/C21H35N3O2/c1-17-6-3-4-8-19(17)24-20(22-13-9-18-7-5-14-26-18)23-16-21(10-11-21)12-15-25-2/h5,7,14,17,19H,3-4,6,8-13,15-16H2,1-2H3,(H2,22,23,24). The molecule has 5 nitrogen and oxygen atoms in total. The lowest BCUT2D eigenvalue weighted by atomic mass is 9.86. The number of nitrogens with zero attached hydrogens (tertiary/aromatic N) is 1. The van der Waals surface area contributed by atoms with E-state index in [1.165, 1.54) is 38.5 Å². The van der Waals surface area contributed by atoms with Gasteiger partial charge in [-0.25, -0.2) is 0 Å². The Bertz CT molecular complexity index is 552. The van der Waals surface area contributed by atoms with Crippen LogP contribution in [0.3, 0.4) is 0 Å². The molecule has 2 fully saturated rings. The van der Waals surface area contributed by atoms with E-state index >= 15 is 0 Å². The van der Waals surface area contributed by atoms with Crippen molar-refractivity contribution >= 4 is 5.96 Å². The summed E-state index contributed by atoms with van der Waals surface area (Å²) < 4.78 is 10.7. The summed E-state index contributed by atoms with van der Waals surface area (Å²) in [6, 6.07) is 4.51. The number of hydrogen-bond acceptors (Lipinski definition) is 3. The Labute approximate surface area is 158 Å². The second kappa shape index (κ2) is 9.45. The minimum atomic E-state index is 0.379. The van der Waals surface area contributed by atoms with Gasteiger partial charge in [-0.15, -0.1) is 0 Å². The van der Waals surface area contributed by atoms with Gasteiger partial charge in [0, 0.05) is 39.3 Å². The first-order chi connectivity index (χ1) is 12.7. The highest BCUT2D eigenvalue weighted by atomic mass is 16.5. The summed E-state index contributed by atoms with van der Waals surface area (Å²) in [5.74, 6) is 2.70. The van der Waals surface area contributed by atoms with Crippen LogP contribution < -0.4 is 10.6 Å². The normalized spacial score (nSPS) is 25.1. The van der Waals surface area contributed by atoms with Crippen LogP contribution in [0.15, 0.2) is 27.8 Å². The molecule has 0 spiro atoms. The van der Waals surface area contributed by atoms with Gasteiger partial charge in [0.15, 0.2) is 5.96 Å². The van der Waals surface area contributed by atoms with Crippen LogP contribution in [0.1, 0.15) is 57.6 Å². The third-order valence-corrected chi connectivity index (χ3v) is 6.04. The van der Waals surface area contributed by atoms with Gasteiger partial charge in [-0.3, -0.25) is 4.99 Å². The van der Waals surface area contributed by atoms with Crippen LogP contribution in [0, 0.1) is 11.3 Å². The van der Waals surface area contributed by atoms with E-state index in [4.69, 9.17) is 14.1 Å². The minimum Gasteiger partial charge on any atom is -0.469 e. The van der Waals surface area contributed by atoms with Crippen molar-refractivity contribution in [2.75, 3.05) is 26.8 Å². The average Bonchev–Trinajstić information content (AvgIpc) is 3.23. The predicted molar refractivity (Wildman–Crippen MR) is 105 cm³/mol. The average molecular weight is 362 g/mol. The van der Waals surface area contributed by atoms with Gasteiger partial charge in [0.2, 0.25) is 0 Å². The number of methoxy groups -OCH3 is 1. The summed E-state index contributed by atoms with van der Waals surface area (Å²) in [6.07, 6.45) is 11.5. The molecule has 0 aliphatic heterocycles. The summed E-state index contributed by atoms with van der Waals surface area (Å²) in [7, 11) is 1.78. The fourth-order valence-electron chi connectivity index (χ4n) is 3.85. The van der Waals surface area contributed by atoms with Gasteiger partial charge >= 0.3 is 0 Å². The van der Waals surface area contributed by atoms with E-state index in [2.05, 4.69) is 17.6 Å². The molecule has 0 amide bonds. The first-order valence-corrected chi connectivity index (χ1v) is 10.3. The molecule has 0 aromatic carbocycles. The van der Waals surface area contributed by atoms with Crippen LogP contribution in [0.5, 0.6) is 0 Å². The topological polar surface area (TPSA) is 58.8 Å². The molecule has 26 heavy (non-hydrogen) atoms. The van der Waals surface area contributed by atoms with Crippen LogP contribution in [0.2, 0.25) is 0 Å². The summed E-state index contributed by atoms with van der Waals surface area (Å²) in [4.78, 5) is 4.97.